The molecule has 72 valence electrons. The Labute approximate surface area is 83.7 Å². The second kappa shape index (κ2) is 4.17. The minimum absolute atomic E-state index is 0.0257. The van der Waals surface area contributed by atoms with Gasteiger partial charge in [-0.3, -0.25) is 0 Å². The van der Waals surface area contributed by atoms with Gasteiger partial charge in [-0.05, 0) is 0 Å². The zero-order valence-electron chi connectivity index (χ0n) is 6.40. The number of hydrogen-bond acceptors (Lipinski definition) is 2. The van der Waals surface area contributed by atoms with Crippen LogP contribution in [0.1, 0.15) is 17.6 Å². The summed E-state index contributed by atoms with van der Waals surface area (Å²) in [5.41, 5.74) is 5.01. The first-order valence-electron chi connectivity index (χ1n) is 3.39. The van der Waals surface area contributed by atoms with Crippen molar-refractivity contribution in [1.82, 2.24) is 4.98 Å². The molecule has 2 N–H and O–H groups in total. The summed E-state index contributed by atoms with van der Waals surface area (Å²) in [6.45, 7) is -0.105. The van der Waals surface area contributed by atoms with E-state index in [2.05, 4.69) is 4.98 Å². The van der Waals surface area contributed by atoms with Crippen LogP contribution in [0.2, 0.25) is 10.2 Å². The second-order valence-corrected chi connectivity index (χ2v) is 3.06. The lowest BCUT2D eigenvalue weighted by Crippen LogP contribution is -2.05. The van der Waals surface area contributed by atoms with E-state index in [0.717, 1.165) is 6.20 Å². The normalized spacial score (nSPS) is 10.9. The number of pyridine rings is 1. The van der Waals surface area contributed by atoms with E-state index in [1.54, 1.807) is 0 Å². The van der Waals surface area contributed by atoms with Gasteiger partial charge in [0, 0.05) is 23.9 Å². The summed E-state index contributed by atoms with van der Waals surface area (Å²) in [6.07, 6.45) is -1.60. The maximum Gasteiger partial charge on any atom is 0.265 e. The summed E-state index contributed by atoms with van der Waals surface area (Å²) < 4.78 is 24.9. The molecule has 0 amide bonds. The molecule has 0 radical (unpaired) electrons. The molecule has 0 bridgehead atoms. The number of hydrogen-bond donors (Lipinski definition) is 1. The summed E-state index contributed by atoms with van der Waals surface area (Å²) in [5.74, 6) is 0. The van der Waals surface area contributed by atoms with E-state index in [9.17, 15) is 8.78 Å². The van der Waals surface area contributed by atoms with Crippen molar-refractivity contribution in [3.8, 4) is 0 Å². The molecular weight excluding hydrogens is 221 g/mol. The molecule has 0 aromatic carbocycles. The van der Waals surface area contributed by atoms with Crippen LogP contribution in [0.5, 0.6) is 0 Å². The topological polar surface area (TPSA) is 38.9 Å². The third-order valence-electron chi connectivity index (χ3n) is 1.55. The van der Waals surface area contributed by atoms with E-state index < -0.39 is 6.43 Å². The van der Waals surface area contributed by atoms with Crippen LogP contribution in [0.3, 0.4) is 0 Å². The molecule has 0 unspecified atom stereocenters. The van der Waals surface area contributed by atoms with Gasteiger partial charge in [-0.15, -0.1) is 0 Å². The quantitative estimate of drug-likeness (QED) is 0.789. The minimum atomic E-state index is -2.69. The Balaban J connectivity index is 3.35. The Hall–Kier alpha value is -0.450. The molecule has 13 heavy (non-hydrogen) atoms. The van der Waals surface area contributed by atoms with Gasteiger partial charge in [-0.2, -0.15) is 0 Å². The standard InChI is InChI=1S/C7H6Cl2F2N2/c8-4-2-13-6(9)3(1-12)5(4)7(10)11/h2,7H,1,12H2. The molecule has 1 aromatic rings. The highest BCUT2D eigenvalue weighted by Gasteiger charge is 2.19. The molecule has 6 heteroatoms. The van der Waals surface area contributed by atoms with Gasteiger partial charge in [0.1, 0.15) is 5.15 Å². The summed E-state index contributed by atoms with van der Waals surface area (Å²) in [5, 5.41) is -0.137. The Bertz CT molecular complexity index is 318. The van der Waals surface area contributed by atoms with Gasteiger partial charge in [0.2, 0.25) is 0 Å². The summed E-state index contributed by atoms with van der Waals surface area (Å²) in [4.78, 5) is 3.61. The van der Waals surface area contributed by atoms with E-state index in [1.807, 2.05) is 0 Å². The molecule has 2 nitrogen and oxygen atoms in total. The molecule has 0 saturated heterocycles. The predicted octanol–water partition coefficient (Wildman–Crippen LogP) is 2.78. The van der Waals surface area contributed by atoms with E-state index in [-0.39, 0.29) is 27.8 Å². The Morgan fingerprint density at radius 1 is 1.46 bits per heavy atom. The van der Waals surface area contributed by atoms with Gasteiger partial charge in [0.25, 0.3) is 6.43 Å². The first kappa shape index (κ1) is 10.6. The first-order chi connectivity index (χ1) is 6.07. The Kier molecular flexibility index (Phi) is 3.41. The SMILES string of the molecule is NCc1c(Cl)ncc(Cl)c1C(F)F. The highest BCUT2D eigenvalue weighted by atomic mass is 35.5. The van der Waals surface area contributed by atoms with Gasteiger partial charge in [-0.25, -0.2) is 13.8 Å². The molecule has 1 heterocycles. The van der Waals surface area contributed by atoms with Crippen molar-refractivity contribution in [1.29, 1.82) is 0 Å². The highest BCUT2D eigenvalue weighted by Crippen LogP contribution is 2.32. The van der Waals surface area contributed by atoms with Crippen molar-refractivity contribution < 1.29 is 8.78 Å². The van der Waals surface area contributed by atoms with Crippen molar-refractivity contribution in [2.75, 3.05) is 0 Å². The van der Waals surface area contributed by atoms with Crippen LogP contribution in [-0.2, 0) is 6.54 Å². The van der Waals surface area contributed by atoms with Crippen molar-refractivity contribution >= 4 is 23.2 Å². The lowest BCUT2D eigenvalue weighted by Gasteiger charge is -2.09. The van der Waals surface area contributed by atoms with E-state index in [4.69, 9.17) is 28.9 Å². The molecule has 1 aromatic heterocycles. The maximum atomic E-state index is 12.4. The average Bonchev–Trinajstić information content (AvgIpc) is 2.07. The molecule has 0 aliphatic carbocycles. The van der Waals surface area contributed by atoms with Gasteiger partial charge in [0.05, 0.1) is 5.02 Å². The third-order valence-corrected chi connectivity index (χ3v) is 2.17. The number of aromatic nitrogens is 1. The summed E-state index contributed by atoms with van der Waals surface area (Å²) >= 11 is 11.1. The van der Waals surface area contributed by atoms with Crippen LogP contribution in [-0.4, -0.2) is 4.98 Å². The van der Waals surface area contributed by atoms with Crippen LogP contribution < -0.4 is 5.73 Å². The fourth-order valence-corrected chi connectivity index (χ4v) is 1.42. The number of rotatable bonds is 2. The van der Waals surface area contributed by atoms with E-state index in [1.165, 1.54) is 0 Å². The molecule has 0 saturated carbocycles. The third kappa shape index (κ3) is 2.07. The molecule has 0 spiro atoms. The van der Waals surface area contributed by atoms with Gasteiger partial charge < -0.3 is 5.73 Å². The smallest absolute Gasteiger partial charge is 0.265 e. The van der Waals surface area contributed by atoms with Crippen LogP contribution in [0.25, 0.3) is 0 Å². The fourth-order valence-electron chi connectivity index (χ4n) is 0.946. The van der Waals surface area contributed by atoms with Gasteiger partial charge >= 0.3 is 0 Å². The van der Waals surface area contributed by atoms with Gasteiger partial charge in [-0.1, -0.05) is 23.2 Å². The zero-order chi connectivity index (χ0) is 10.0. The van der Waals surface area contributed by atoms with Crippen molar-refractivity contribution in [3.05, 3.63) is 27.5 Å². The number of alkyl halides is 2. The summed E-state index contributed by atoms with van der Waals surface area (Å²) in [6, 6.07) is 0. The van der Waals surface area contributed by atoms with Crippen molar-refractivity contribution in [2.45, 2.75) is 13.0 Å². The summed E-state index contributed by atoms with van der Waals surface area (Å²) in [7, 11) is 0. The van der Waals surface area contributed by atoms with Crippen LogP contribution in [0, 0.1) is 0 Å². The van der Waals surface area contributed by atoms with Crippen LogP contribution in [0.15, 0.2) is 6.20 Å². The molecular formula is C7H6Cl2F2N2. The first-order valence-corrected chi connectivity index (χ1v) is 4.14. The van der Waals surface area contributed by atoms with Crippen molar-refractivity contribution in [2.24, 2.45) is 5.73 Å². The molecule has 0 fully saturated rings. The fraction of sp³-hybridized carbons (Fsp3) is 0.286. The molecule has 1 rings (SSSR count). The molecule has 0 aliphatic heterocycles. The lowest BCUT2D eigenvalue weighted by molar-refractivity contribution is 0.150. The van der Waals surface area contributed by atoms with E-state index in [0.29, 0.717) is 0 Å². The zero-order valence-corrected chi connectivity index (χ0v) is 7.91. The Morgan fingerprint density at radius 2 is 2.08 bits per heavy atom. The van der Waals surface area contributed by atoms with Crippen LogP contribution >= 0.6 is 23.2 Å². The van der Waals surface area contributed by atoms with E-state index >= 15 is 0 Å². The number of nitrogens with two attached hydrogens (primary N) is 1. The maximum absolute atomic E-state index is 12.4. The number of nitrogens with zero attached hydrogens (tertiary/aromatic N) is 1. The Morgan fingerprint density at radius 3 is 2.46 bits per heavy atom. The minimum Gasteiger partial charge on any atom is -0.326 e. The van der Waals surface area contributed by atoms with Crippen molar-refractivity contribution in [3.63, 3.8) is 0 Å². The molecule has 0 aliphatic rings. The lowest BCUT2D eigenvalue weighted by atomic mass is 10.1. The average molecular weight is 227 g/mol. The second-order valence-electron chi connectivity index (χ2n) is 2.29. The predicted molar refractivity (Wildman–Crippen MR) is 47.1 cm³/mol. The largest absolute Gasteiger partial charge is 0.326 e. The monoisotopic (exact) mass is 226 g/mol. The molecule has 0 atom stereocenters. The number of halogens is 4. The van der Waals surface area contributed by atoms with Gasteiger partial charge in [0.15, 0.2) is 0 Å². The van der Waals surface area contributed by atoms with Crippen LogP contribution in [0.4, 0.5) is 8.78 Å². The highest BCUT2D eigenvalue weighted by molar-refractivity contribution is 6.33.